The number of nitrogens with one attached hydrogen (secondary N) is 1. The number of hydrogen-bond acceptors (Lipinski definition) is 5. The standard InChI is InChI=1S/C23H24N6O2/c1-17-13-26-28(15-17)16-23(30)25-10-11-29-22(19-4-3-9-24-14-19)12-21(27-29)18-5-7-20(31-2)8-6-18/h3-9,12-15H,10-11,16H2,1-2H3,(H,25,30). The predicted octanol–water partition coefficient (Wildman–Crippen LogP) is 2.94. The third-order valence-corrected chi connectivity index (χ3v) is 4.84. The van der Waals surface area contributed by atoms with E-state index in [1.807, 2.05) is 66.5 Å². The molecule has 3 aromatic heterocycles. The molecule has 0 saturated heterocycles. The molecule has 0 spiro atoms. The zero-order chi connectivity index (χ0) is 21.6. The predicted molar refractivity (Wildman–Crippen MR) is 117 cm³/mol. The molecule has 8 nitrogen and oxygen atoms in total. The molecule has 0 fully saturated rings. The van der Waals surface area contributed by atoms with Gasteiger partial charge in [-0.3, -0.25) is 19.1 Å². The lowest BCUT2D eigenvalue weighted by Gasteiger charge is -2.09. The highest BCUT2D eigenvalue weighted by Gasteiger charge is 2.12. The van der Waals surface area contributed by atoms with Crippen molar-refractivity contribution >= 4 is 5.91 Å². The SMILES string of the molecule is COc1ccc(-c2cc(-c3cccnc3)n(CCNC(=O)Cn3cc(C)cn3)n2)cc1. The van der Waals surface area contributed by atoms with Gasteiger partial charge in [0.15, 0.2) is 0 Å². The molecule has 0 radical (unpaired) electrons. The largest absolute Gasteiger partial charge is 0.497 e. The molecule has 0 aliphatic heterocycles. The van der Waals surface area contributed by atoms with E-state index in [-0.39, 0.29) is 12.5 Å². The summed E-state index contributed by atoms with van der Waals surface area (Å²) in [5.41, 5.74) is 4.77. The van der Waals surface area contributed by atoms with Crippen LogP contribution in [0.3, 0.4) is 0 Å². The van der Waals surface area contributed by atoms with Crippen LogP contribution < -0.4 is 10.1 Å². The molecule has 1 amide bonds. The maximum atomic E-state index is 12.2. The zero-order valence-electron chi connectivity index (χ0n) is 17.5. The first-order valence-corrected chi connectivity index (χ1v) is 10.0. The van der Waals surface area contributed by atoms with Gasteiger partial charge in [0, 0.05) is 36.3 Å². The third-order valence-electron chi connectivity index (χ3n) is 4.84. The first-order valence-electron chi connectivity index (χ1n) is 10.0. The minimum Gasteiger partial charge on any atom is -0.497 e. The summed E-state index contributed by atoms with van der Waals surface area (Å²) < 4.78 is 8.77. The molecule has 0 saturated carbocycles. The summed E-state index contributed by atoms with van der Waals surface area (Å²) in [7, 11) is 1.64. The molecule has 0 atom stereocenters. The lowest BCUT2D eigenvalue weighted by Crippen LogP contribution is -2.31. The number of benzene rings is 1. The number of rotatable bonds is 8. The Morgan fingerprint density at radius 1 is 1.13 bits per heavy atom. The topological polar surface area (TPSA) is 86.9 Å². The number of amides is 1. The minimum atomic E-state index is -0.0893. The summed E-state index contributed by atoms with van der Waals surface area (Å²) in [6.45, 7) is 3.12. The van der Waals surface area contributed by atoms with Crippen molar-refractivity contribution in [3.63, 3.8) is 0 Å². The molecular weight excluding hydrogens is 392 g/mol. The smallest absolute Gasteiger partial charge is 0.241 e. The summed E-state index contributed by atoms with van der Waals surface area (Å²) in [6.07, 6.45) is 7.13. The summed E-state index contributed by atoms with van der Waals surface area (Å²) in [4.78, 5) is 16.5. The molecule has 1 aromatic carbocycles. The van der Waals surface area contributed by atoms with E-state index >= 15 is 0 Å². The van der Waals surface area contributed by atoms with Crippen LogP contribution in [0.25, 0.3) is 22.5 Å². The number of carbonyl (C=O) groups excluding carboxylic acids is 1. The number of aromatic nitrogens is 5. The molecule has 3 heterocycles. The number of aryl methyl sites for hydroxylation is 1. The summed E-state index contributed by atoms with van der Waals surface area (Å²) >= 11 is 0. The fourth-order valence-electron chi connectivity index (χ4n) is 3.29. The Labute approximate surface area is 180 Å². The van der Waals surface area contributed by atoms with Crippen LogP contribution in [0.5, 0.6) is 5.75 Å². The number of nitrogens with zero attached hydrogens (tertiary/aromatic N) is 5. The Hall–Kier alpha value is -3.94. The van der Waals surface area contributed by atoms with Crippen molar-refractivity contribution in [3.05, 3.63) is 72.8 Å². The van der Waals surface area contributed by atoms with Crippen molar-refractivity contribution in [3.8, 4) is 28.3 Å². The van der Waals surface area contributed by atoms with E-state index in [2.05, 4.69) is 15.4 Å². The summed E-state index contributed by atoms with van der Waals surface area (Å²) in [5, 5.41) is 11.9. The number of carbonyl (C=O) groups is 1. The second kappa shape index (κ2) is 9.25. The van der Waals surface area contributed by atoms with Crippen molar-refractivity contribution in [1.82, 2.24) is 29.9 Å². The zero-order valence-corrected chi connectivity index (χ0v) is 17.5. The molecule has 158 valence electrons. The average Bonchev–Trinajstić information content (AvgIpc) is 3.40. The Morgan fingerprint density at radius 2 is 1.97 bits per heavy atom. The van der Waals surface area contributed by atoms with Crippen LogP contribution in [0.15, 0.2) is 67.3 Å². The van der Waals surface area contributed by atoms with E-state index in [4.69, 9.17) is 9.84 Å². The van der Waals surface area contributed by atoms with E-state index in [1.54, 1.807) is 24.2 Å². The summed E-state index contributed by atoms with van der Waals surface area (Å²) in [6, 6.07) is 13.7. The van der Waals surface area contributed by atoms with E-state index in [0.717, 1.165) is 33.8 Å². The summed E-state index contributed by atoms with van der Waals surface area (Å²) in [5.74, 6) is 0.708. The molecule has 0 bridgehead atoms. The quantitative estimate of drug-likeness (QED) is 0.477. The number of ether oxygens (including phenoxy) is 1. The fraction of sp³-hybridized carbons (Fsp3) is 0.217. The number of pyridine rings is 1. The van der Waals surface area contributed by atoms with Crippen LogP contribution in [0.2, 0.25) is 0 Å². The Bertz CT molecular complexity index is 1150. The van der Waals surface area contributed by atoms with Gasteiger partial charge in [0.1, 0.15) is 12.3 Å². The molecule has 0 unspecified atom stereocenters. The van der Waals surface area contributed by atoms with Gasteiger partial charge in [-0.25, -0.2) is 0 Å². The number of hydrogen-bond donors (Lipinski definition) is 1. The van der Waals surface area contributed by atoms with Gasteiger partial charge in [0.2, 0.25) is 5.91 Å². The van der Waals surface area contributed by atoms with Gasteiger partial charge in [0.05, 0.1) is 31.2 Å². The second-order valence-electron chi connectivity index (χ2n) is 7.17. The highest BCUT2D eigenvalue weighted by atomic mass is 16.5. The van der Waals surface area contributed by atoms with Crippen LogP contribution >= 0.6 is 0 Å². The Balaban J connectivity index is 1.49. The Morgan fingerprint density at radius 3 is 2.65 bits per heavy atom. The number of methoxy groups -OCH3 is 1. The molecule has 8 heteroatoms. The van der Waals surface area contributed by atoms with E-state index < -0.39 is 0 Å². The molecule has 1 N–H and O–H groups in total. The monoisotopic (exact) mass is 416 g/mol. The van der Waals surface area contributed by atoms with Gasteiger partial charge >= 0.3 is 0 Å². The molecule has 4 rings (SSSR count). The third kappa shape index (κ3) is 4.98. The van der Waals surface area contributed by atoms with Crippen LogP contribution in [0.1, 0.15) is 5.56 Å². The molecule has 4 aromatic rings. The van der Waals surface area contributed by atoms with Crippen LogP contribution in [0, 0.1) is 6.92 Å². The van der Waals surface area contributed by atoms with Gasteiger partial charge in [-0.2, -0.15) is 10.2 Å². The minimum absolute atomic E-state index is 0.0893. The average molecular weight is 416 g/mol. The highest BCUT2D eigenvalue weighted by Crippen LogP contribution is 2.27. The maximum Gasteiger partial charge on any atom is 0.241 e. The van der Waals surface area contributed by atoms with E-state index in [9.17, 15) is 4.79 Å². The van der Waals surface area contributed by atoms with Crippen molar-refractivity contribution < 1.29 is 9.53 Å². The first kappa shape index (κ1) is 20.3. The lowest BCUT2D eigenvalue weighted by atomic mass is 10.1. The Kier molecular flexibility index (Phi) is 6.07. The first-order chi connectivity index (χ1) is 15.1. The van der Waals surface area contributed by atoms with Gasteiger partial charge < -0.3 is 10.1 Å². The van der Waals surface area contributed by atoms with Crippen molar-refractivity contribution in [2.75, 3.05) is 13.7 Å². The molecule has 0 aliphatic rings. The lowest BCUT2D eigenvalue weighted by molar-refractivity contribution is -0.121. The van der Waals surface area contributed by atoms with Crippen molar-refractivity contribution in [1.29, 1.82) is 0 Å². The van der Waals surface area contributed by atoms with E-state index in [1.165, 1.54) is 0 Å². The van der Waals surface area contributed by atoms with Crippen molar-refractivity contribution in [2.24, 2.45) is 0 Å². The van der Waals surface area contributed by atoms with Gasteiger partial charge in [-0.1, -0.05) is 0 Å². The normalized spacial score (nSPS) is 10.8. The van der Waals surface area contributed by atoms with Crippen LogP contribution in [-0.4, -0.2) is 44.1 Å². The molecule has 31 heavy (non-hydrogen) atoms. The van der Waals surface area contributed by atoms with Crippen LogP contribution in [0.4, 0.5) is 0 Å². The maximum absolute atomic E-state index is 12.2. The van der Waals surface area contributed by atoms with Crippen LogP contribution in [-0.2, 0) is 17.9 Å². The van der Waals surface area contributed by atoms with Gasteiger partial charge in [-0.15, -0.1) is 0 Å². The fourth-order valence-corrected chi connectivity index (χ4v) is 3.29. The van der Waals surface area contributed by atoms with Gasteiger partial charge in [-0.05, 0) is 55.0 Å². The second-order valence-corrected chi connectivity index (χ2v) is 7.17. The molecule has 0 aliphatic carbocycles. The highest BCUT2D eigenvalue weighted by molar-refractivity contribution is 5.75. The molecular formula is C23H24N6O2. The van der Waals surface area contributed by atoms with E-state index in [0.29, 0.717) is 13.1 Å². The van der Waals surface area contributed by atoms with Crippen molar-refractivity contribution in [2.45, 2.75) is 20.0 Å². The van der Waals surface area contributed by atoms with Gasteiger partial charge in [0.25, 0.3) is 0 Å².